The molecule has 2 aliphatic rings. The zero-order chi connectivity index (χ0) is 24.0. The summed E-state index contributed by atoms with van der Waals surface area (Å²) in [6, 6.07) is 7.04. The summed E-state index contributed by atoms with van der Waals surface area (Å²) in [5.41, 5.74) is 3.86. The van der Waals surface area contributed by atoms with Crippen LogP contribution in [0.5, 0.6) is 0 Å². The number of aryl methyl sites for hydroxylation is 1. The summed E-state index contributed by atoms with van der Waals surface area (Å²) < 4.78 is 26.8. The van der Waals surface area contributed by atoms with Crippen LogP contribution in [0.1, 0.15) is 54.6 Å². The zero-order valence-electron chi connectivity index (χ0n) is 19.6. The number of amides is 1. The fourth-order valence-corrected chi connectivity index (χ4v) is 5.19. The van der Waals surface area contributed by atoms with E-state index in [1.54, 1.807) is 13.0 Å². The largest absolute Gasteiger partial charge is 0.366 e. The quantitative estimate of drug-likeness (QED) is 0.594. The van der Waals surface area contributed by atoms with E-state index >= 15 is 0 Å². The van der Waals surface area contributed by atoms with E-state index in [1.165, 1.54) is 6.07 Å². The van der Waals surface area contributed by atoms with Gasteiger partial charge in [0.1, 0.15) is 0 Å². The van der Waals surface area contributed by atoms with E-state index in [-0.39, 0.29) is 23.6 Å². The lowest BCUT2D eigenvalue weighted by molar-refractivity contribution is -0.129. The molecule has 2 saturated heterocycles. The monoisotopic (exact) mass is 466 g/mol. The molecule has 1 N–H and O–H groups in total. The smallest absolute Gasteiger partial charge is 0.264 e. The predicted molar refractivity (Wildman–Crippen MR) is 127 cm³/mol. The molecule has 34 heavy (non-hydrogen) atoms. The Morgan fingerprint density at radius 3 is 2.74 bits per heavy atom. The average molecular weight is 467 g/mol. The van der Waals surface area contributed by atoms with Crippen molar-refractivity contribution in [3.05, 3.63) is 52.8 Å². The van der Waals surface area contributed by atoms with Gasteiger partial charge in [0.25, 0.3) is 6.43 Å². The second-order valence-corrected chi connectivity index (χ2v) is 9.18. The number of carbonyl (C=O) groups is 1. The molecule has 0 spiro atoms. The molecule has 5 rings (SSSR count). The van der Waals surface area contributed by atoms with Crippen LogP contribution in [0.25, 0.3) is 10.9 Å². The summed E-state index contributed by atoms with van der Waals surface area (Å²) in [6.07, 6.45) is 0.853. The molecule has 0 radical (unpaired) electrons. The van der Waals surface area contributed by atoms with Gasteiger partial charge in [-0.1, -0.05) is 18.2 Å². The number of hydrogen-bond donors (Lipinski definition) is 1. The molecule has 4 heterocycles. The molecule has 0 aliphatic carbocycles. The number of anilines is 2. The summed E-state index contributed by atoms with van der Waals surface area (Å²) in [4.78, 5) is 21.0. The Morgan fingerprint density at radius 2 is 1.94 bits per heavy atom. The van der Waals surface area contributed by atoms with Crippen molar-refractivity contribution in [1.29, 1.82) is 0 Å². The van der Waals surface area contributed by atoms with E-state index in [9.17, 15) is 13.6 Å². The van der Waals surface area contributed by atoms with Crippen molar-refractivity contribution in [1.82, 2.24) is 20.1 Å². The predicted octanol–water partition coefficient (Wildman–Crippen LogP) is 4.56. The Morgan fingerprint density at radius 1 is 1.15 bits per heavy atom. The van der Waals surface area contributed by atoms with E-state index in [0.717, 1.165) is 53.9 Å². The topological polar surface area (TPSA) is 74.2 Å². The summed E-state index contributed by atoms with van der Waals surface area (Å²) in [5, 5.41) is 12.9. The first-order valence-corrected chi connectivity index (χ1v) is 11.6. The van der Waals surface area contributed by atoms with Gasteiger partial charge in [-0.15, -0.1) is 5.10 Å². The van der Waals surface area contributed by atoms with E-state index in [1.807, 2.05) is 31.0 Å². The molecule has 1 amide bonds. The van der Waals surface area contributed by atoms with Crippen molar-refractivity contribution in [2.45, 2.75) is 52.1 Å². The summed E-state index contributed by atoms with van der Waals surface area (Å²) >= 11 is 0. The van der Waals surface area contributed by atoms with Crippen molar-refractivity contribution >= 4 is 28.3 Å². The lowest BCUT2D eigenvalue weighted by Gasteiger charge is -2.38. The highest BCUT2D eigenvalue weighted by molar-refractivity contribution is 5.92. The van der Waals surface area contributed by atoms with E-state index in [2.05, 4.69) is 31.5 Å². The van der Waals surface area contributed by atoms with Crippen LogP contribution < -0.4 is 10.2 Å². The number of pyridine rings is 1. The molecule has 178 valence electrons. The molecule has 1 aromatic carbocycles. The number of aromatic nitrogens is 3. The molecule has 0 unspecified atom stereocenters. The lowest BCUT2D eigenvalue weighted by Crippen LogP contribution is -2.51. The molecule has 2 aliphatic heterocycles. The highest BCUT2D eigenvalue weighted by Crippen LogP contribution is 2.33. The standard InChI is InChI=1S/C25H28F2N6O/c1-14-19(5-4-6-20(14)24(26)27)15(2)29-25-21-11-18(12-28-23(21)16(3)30-31-25)32-9-10-33-17(13-32)7-8-22(33)34/h4-6,11-12,15,17,24H,7-10,13H2,1-3H3,(H,29,31)/t15-,17-/m1/s1. The number of piperazine rings is 1. The normalized spacial score (nSPS) is 19.1. The lowest BCUT2D eigenvalue weighted by atomic mass is 9.97. The minimum absolute atomic E-state index is 0.0412. The molecular weight excluding hydrogens is 438 g/mol. The molecule has 0 saturated carbocycles. The van der Waals surface area contributed by atoms with Crippen molar-refractivity contribution in [2.75, 3.05) is 29.9 Å². The fourth-order valence-electron chi connectivity index (χ4n) is 5.19. The minimum Gasteiger partial charge on any atom is -0.366 e. The van der Waals surface area contributed by atoms with Crippen molar-refractivity contribution < 1.29 is 13.6 Å². The Hall–Kier alpha value is -3.36. The number of rotatable bonds is 5. The highest BCUT2D eigenvalue weighted by atomic mass is 19.3. The Bertz CT molecular complexity index is 1250. The zero-order valence-corrected chi connectivity index (χ0v) is 19.6. The van der Waals surface area contributed by atoms with Crippen molar-refractivity contribution in [3.63, 3.8) is 0 Å². The first-order chi connectivity index (χ1) is 16.3. The van der Waals surface area contributed by atoms with Crippen molar-refractivity contribution in [3.8, 4) is 0 Å². The summed E-state index contributed by atoms with van der Waals surface area (Å²) in [6.45, 7) is 7.78. The molecule has 2 atom stereocenters. The Balaban J connectivity index is 1.46. The van der Waals surface area contributed by atoms with E-state index in [4.69, 9.17) is 0 Å². The molecule has 3 aromatic rings. The third-order valence-corrected chi connectivity index (χ3v) is 7.10. The maximum absolute atomic E-state index is 13.4. The Labute approximate surface area is 197 Å². The van der Waals surface area contributed by atoms with Gasteiger partial charge in [-0.2, -0.15) is 5.10 Å². The van der Waals surface area contributed by atoms with Crippen LogP contribution in [-0.2, 0) is 4.79 Å². The number of benzene rings is 1. The average Bonchev–Trinajstić information content (AvgIpc) is 3.20. The fraction of sp³-hybridized carbons (Fsp3) is 0.440. The van der Waals surface area contributed by atoms with Crippen LogP contribution in [0.3, 0.4) is 0 Å². The number of hydrogen-bond acceptors (Lipinski definition) is 6. The van der Waals surface area contributed by atoms with Gasteiger partial charge in [0, 0.05) is 43.0 Å². The third-order valence-electron chi connectivity index (χ3n) is 7.10. The molecule has 2 aromatic heterocycles. The third kappa shape index (κ3) is 3.93. The molecule has 9 heteroatoms. The summed E-state index contributed by atoms with van der Waals surface area (Å²) in [7, 11) is 0. The van der Waals surface area contributed by atoms with Gasteiger partial charge in [-0.3, -0.25) is 9.78 Å². The van der Waals surface area contributed by atoms with Gasteiger partial charge in [-0.05, 0) is 44.4 Å². The second-order valence-electron chi connectivity index (χ2n) is 9.18. The van der Waals surface area contributed by atoms with Crippen LogP contribution in [0.15, 0.2) is 30.5 Å². The number of carbonyl (C=O) groups excluding carboxylic acids is 1. The SMILES string of the molecule is Cc1c(C(F)F)cccc1[C@@H](C)Nc1nnc(C)c2ncc(N3CCN4C(=O)CC[C@@H]4C3)cc12. The number of fused-ring (bicyclic) bond motifs is 2. The number of alkyl halides is 2. The molecule has 0 bridgehead atoms. The first kappa shape index (κ1) is 22.4. The van der Waals surface area contributed by atoms with Gasteiger partial charge in [0.15, 0.2) is 5.82 Å². The van der Waals surface area contributed by atoms with Gasteiger partial charge < -0.3 is 15.1 Å². The van der Waals surface area contributed by atoms with Crippen LogP contribution >= 0.6 is 0 Å². The van der Waals surface area contributed by atoms with E-state index < -0.39 is 6.43 Å². The number of halogens is 2. The highest BCUT2D eigenvalue weighted by Gasteiger charge is 2.35. The van der Waals surface area contributed by atoms with Crippen LogP contribution in [0, 0.1) is 13.8 Å². The Kier molecular flexibility index (Phi) is 5.79. The van der Waals surface area contributed by atoms with Gasteiger partial charge in [0.05, 0.1) is 29.1 Å². The minimum atomic E-state index is -2.52. The number of nitrogens with one attached hydrogen (secondary N) is 1. The van der Waals surface area contributed by atoms with Gasteiger partial charge in [0.2, 0.25) is 5.91 Å². The maximum atomic E-state index is 13.4. The van der Waals surface area contributed by atoms with Gasteiger partial charge >= 0.3 is 0 Å². The second kappa shape index (κ2) is 8.77. The molecule has 2 fully saturated rings. The molecule has 7 nitrogen and oxygen atoms in total. The van der Waals surface area contributed by atoms with Gasteiger partial charge in [-0.25, -0.2) is 8.78 Å². The first-order valence-electron chi connectivity index (χ1n) is 11.6. The van der Waals surface area contributed by atoms with Crippen LogP contribution in [-0.4, -0.2) is 51.7 Å². The molecular formula is C25H28F2N6O. The summed E-state index contributed by atoms with van der Waals surface area (Å²) in [5.74, 6) is 0.817. The maximum Gasteiger partial charge on any atom is 0.264 e. The number of nitrogens with zero attached hydrogens (tertiary/aromatic N) is 5. The van der Waals surface area contributed by atoms with E-state index in [0.29, 0.717) is 17.8 Å². The van der Waals surface area contributed by atoms with Crippen LogP contribution in [0.4, 0.5) is 20.3 Å². The van der Waals surface area contributed by atoms with Crippen LogP contribution in [0.2, 0.25) is 0 Å². The van der Waals surface area contributed by atoms with Crippen molar-refractivity contribution in [2.24, 2.45) is 0 Å².